The van der Waals surface area contributed by atoms with Crippen LogP contribution in [0.4, 0.5) is 4.39 Å². The van der Waals surface area contributed by atoms with Gasteiger partial charge in [0.15, 0.2) is 0 Å². The van der Waals surface area contributed by atoms with Crippen LogP contribution in [0.1, 0.15) is 33.1 Å². The second kappa shape index (κ2) is 4.65. The van der Waals surface area contributed by atoms with Crippen LogP contribution in [0.2, 0.25) is 0 Å². The van der Waals surface area contributed by atoms with Gasteiger partial charge in [0.1, 0.15) is 17.7 Å². The fourth-order valence-corrected chi connectivity index (χ4v) is 2.39. The van der Waals surface area contributed by atoms with Crippen LogP contribution in [-0.2, 0) is 0 Å². The van der Waals surface area contributed by atoms with E-state index in [1.165, 1.54) is 12.1 Å². The highest BCUT2D eigenvalue weighted by atomic mass is 19.1. The molecule has 3 heteroatoms. The van der Waals surface area contributed by atoms with Crippen molar-refractivity contribution in [3.63, 3.8) is 0 Å². The maximum absolute atomic E-state index is 13.1. The van der Waals surface area contributed by atoms with Gasteiger partial charge >= 0.3 is 0 Å². The molecule has 2 rings (SSSR count). The molecular formula is C14H20FNO. The molecule has 0 radical (unpaired) electrons. The molecule has 0 aromatic heterocycles. The summed E-state index contributed by atoms with van der Waals surface area (Å²) in [6.07, 6.45) is 3.00. The van der Waals surface area contributed by atoms with E-state index in [0.717, 1.165) is 19.3 Å². The van der Waals surface area contributed by atoms with Crippen LogP contribution in [0.15, 0.2) is 24.3 Å². The second-order valence-corrected chi connectivity index (χ2v) is 5.68. The Morgan fingerprint density at radius 1 is 1.41 bits per heavy atom. The quantitative estimate of drug-likeness (QED) is 0.857. The van der Waals surface area contributed by atoms with Crippen LogP contribution in [0.25, 0.3) is 0 Å². The van der Waals surface area contributed by atoms with Gasteiger partial charge in [0.25, 0.3) is 0 Å². The lowest BCUT2D eigenvalue weighted by Gasteiger charge is -2.39. The average molecular weight is 237 g/mol. The first-order chi connectivity index (χ1) is 7.96. The minimum atomic E-state index is -0.272. The number of benzene rings is 1. The first kappa shape index (κ1) is 12.4. The van der Waals surface area contributed by atoms with Gasteiger partial charge in [-0.05, 0) is 36.8 Å². The Balaban J connectivity index is 2.06. The number of hydrogen-bond donors (Lipinski definition) is 1. The lowest BCUT2D eigenvalue weighted by molar-refractivity contribution is 0.0667. The summed E-state index contributed by atoms with van der Waals surface area (Å²) in [4.78, 5) is 0. The fourth-order valence-electron chi connectivity index (χ4n) is 2.39. The van der Waals surface area contributed by atoms with Crippen molar-refractivity contribution in [1.29, 1.82) is 0 Å². The van der Waals surface area contributed by atoms with E-state index in [1.54, 1.807) is 12.1 Å². The van der Waals surface area contributed by atoms with Crippen molar-refractivity contribution in [3.8, 4) is 5.75 Å². The second-order valence-electron chi connectivity index (χ2n) is 5.68. The maximum atomic E-state index is 13.1. The van der Waals surface area contributed by atoms with E-state index in [1.807, 2.05) is 0 Å². The molecule has 1 saturated carbocycles. The van der Waals surface area contributed by atoms with Gasteiger partial charge in [-0.25, -0.2) is 4.39 Å². The van der Waals surface area contributed by atoms with Crippen molar-refractivity contribution in [1.82, 2.24) is 0 Å². The Hall–Kier alpha value is -1.09. The molecule has 1 aliphatic rings. The lowest BCUT2D eigenvalue weighted by atomic mass is 9.74. The first-order valence-corrected chi connectivity index (χ1v) is 6.14. The van der Waals surface area contributed by atoms with Crippen LogP contribution >= 0.6 is 0 Å². The standard InChI is InChI=1S/C14H20FNO/c1-14(2)7-6-12(16)13(9-14)17-11-5-3-4-10(15)8-11/h3-5,8,12-13H,6-7,9,16H2,1-2H3. The molecule has 0 bridgehead atoms. The van der Waals surface area contributed by atoms with E-state index in [2.05, 4.69) is 13.8 Å². The number of hydrogen-bond acceptors (Lipinski definition) is 2. The molecule has 1 aliphatic carbocycles. The van der Waals surface area contributed by atoms with Gasteiger partial charge in [-0.2, -0.15) is 0 Å². The average Bonchev–Trinajstić information content (AvgIpc) is 2.23. The minimum Gasteiger partial charge on any atom is -0.489 e. The van der Waals surface area contributed by atoms with Gasteiger partial charge in [0, 0.05) is 12.1 Å². The van der Waals surface area contributed by atoms with E-state index < -0.39 is 0 Å². The van der Waals surface area contributed by atoms with Gasteiger partial charge in [-0.15, -0.1) is 0 Å². The van der Waals surface area contributed by atoms with Crippen molar-refractivity contribution in [2.45, 2.75) is 45.3 Å². The highest BCUT2D eigenvalue weighted by Gasteiger charge is 2.34. The predicted molar refractivity (Wildman–Crippen MR) is 66.4 cm³/mol. The zero-order valence-corrected chi connectivity index (χ0v) is 10.4. The largest absolute Gasteiger partial charge is 0.489 e. The third kappa shape index (κ3) is 3.19. The topological polar surface area (TPSA) is 35.2 Å². The van der Waals surface area contributed by atoms with Gasteiger partial charge in [-0.1, -0.05) is 19.9 Å². The number of rotatable bonds is 2. The Labute approximate surface area is 102 Å². The van der Waals surface area contributed by atoms with Crippen LogP contribution in [-0.4, -0.2) is 12.1 Å². The van der Waals surface area contributed by atoms with Crippen LogP contribution in [0.5, 0.6) is 5.75 Å². The van der Waals surface area contributed by atoms with Gasteiger partial charge < -0.3 is 10.5 Å². The molecule has 0 spiro atoms. The lowest BCUT2D eigenvalue weighted by Crippen LogP contribution is -2.46. The van der Waals surface area contributed by atoms with E-state index >= 15 is 0 Å². The smallest absolute Gasteiger partial charge is 0.126 e. The molecule has 2 unspecified atom stereocenters. The summed E-state index contributed by atoms with van der Waals surface area (Å²) >= 11 is 0. The summed E-state index contributed by atoms with van der Waals surface area (Å²) in [6.45, 7) is 4.45. The van der Waals surface area contributed by atoms with Crippen LogP contribution in [0.3, 0.4) is 0 Å². The first-order valence-electron chi connectivity index (χ1n) is 6.14. The van der Waals surface area contributed by atoms with E-state index in [9.17, 15) is 4.39 Å². The summed E-state index contributed by atoms with van der Waals surface area (Å²) < 4.78 is 18.9. The monoisotopic (exact) mass is 237 g/mol. The Bertz CT molecular complexity index is 392. The third-order valence-electron chi connectivity index (χ3n) is 3.47. The van der Waals surface area contributed by atoms with Gasteiger partial charge in [-0.3, -0.25) is 0 Å². The number of ether oxygens (including phenoxy) is 1. The molecule has 0 amide bonds. The minimum absolute atomic E-state index is 0.0134. The summed E-state index contributed by atoms with van der Waals surface area (Å²) in [5.74, 6) is 0.300. The zero-order chi connectivity index (χ0) is 12.5. The molecule has 17 heavy (non-hydrogen) atoms. The molecule has 94 valence electrons. The molecule has 2 nitrogen and oxygen atoms in total. The molecule has 1 aromatic carbocycles. The molecule has 1 fully saturated rings. The number of halogens is 1. The highest BCUT2D eigenvalue weighted by molar-refractivity contribution is 5.23. The molecule has 1 aromatic rings. The Morgan fingerprint density at radius 3 is 2.88 bits per heavy atom. The Kier molecular flexibility index (Phi) is 3.38. The maximum Gasteiger partial charge on any atom is 0.126 e. The summed E-state index contributed by atoms with van der Waals surface area (Å²) in [5, 5.41) is 0. The summed E-state index contributed by atoms with van der Waals surface area (Å²) in [5.41, 5.74) is 6.33. The van der Waals surface area contributed by atoms with Crippen molar-refractivity contribution in [2.75, 3.05) is 0 Å². The van der Waals surface area contributed by atoms with Crippen molar-refractivity contribution >= 4 is 0 Å². The number of nitrogens with two attached hydrogens (primary N) is 1. The van der Waals surface area contributed by atoms with Gasteiger partial charge in [0.2, 0.25) is 0 Å². The van der Waals surface area contributed by atoms with Crippen molar-refractivity contribution < 1.29 is 9.13 Å². The summed E-state index contributed by atoms with van der Waals surface area (Å²) in [6, 6.07) is 6.30. The molecule has 2 N–H and O–H groups in total. The highest BCUT2D eigenvalue weighted by Crippen LogP contribution is 2.36. The molecule has 0 aliphatic heterocycles. The van der Waals surface area contributed by atoms with Crippen LogP contribution < -0.4 is 10.5 Å². The van der Waals surface area contributed by atoms with Crippen molar-refractivity contribution in [2.24, 2.45) is 11.1 Å². The third-order valence-corrected chi connectivity index (χ3v) is 3.47. The predicted octanol–water partition coefficient (Wildman–Crippen LogP) is 3.11. The SMILES string of the molecule is CC1(C)CCC(N)C(Oc2cccc(F)c2)C1. The van der Waals surface area contributed by atoms with Crippen molar-refractivity contribution in [3.05, 3.63) is 30.1 Å². The van der Waals surface area contributed by atoms with E-state index in [4.69, 9.17) is 10.5 Å². The Morgan fingerprint density at radius 2 is 2.18 bits per heavy atom. The van der Waals surface area contributed by atoms with Gasteiger partial charge in [0.05, 0.1) is 0 Å². The van der Waals surface area contributed by atoms with E-state index in [0.29, 0.717) is 5.75 Å². The molecule has 2 atom stereocenters. The fraction of sp³-hybridized carbons (Fsp3) is 0.571. The molecular weight excluding hydrogens is 217 g/mol. The molecule has 0 saturated heterocycles. The van der Waals surface area contributed by atoms with Crippen LogP contribution in [0, 0.1) is 11.2 Å². The van der Waals surface area contributed by atoms with E-state index in [-0.39, 0.29) is 23.4 Å². The zero-order valence-electron chi connectivity index (χ0n) is 10.4. The summed E-state index contributed by atoms with van der Waals surface area (Å²) in [7, 11) is 0. The molecule has 0 heterocycles. The normalized spacial score (nSPS) is 27.8.